The third-order valence-electron chi connectivity index (χ3n) is 4.66. The number of sulfonamides is 1. The van der Waals surface area contributed by atoms with Crippen LogP contribution in [0.5, 0.6) is 0 Å². The summed E-state index contributed by atoms with van der Waals surface area (Å²) >= 11 is 0.986. The second-order valence-corrected chi connectivity index (χ2v) is 10.2. The highest BCUT2D eigenvalue weighted by atomic mass is 32.2. The number of aromatic nitrogens is 2. The molecule has 162 valence electrons. The lowest BCUT2D eigenvalue weighted by atomic mass is 10.1. The molecule has 7 nitrogen and oxygen atoms in total. The van der Waals surface area contributed by atoms with E-state index in [1.165, 1.54) is 6.07 Å². The Kier molecular flexibility index (Phi) is 6.10. The Morgan fingerprint density at radius 3 is 2.59 bits per heavy atom. The summed E-state index contributed by atoms with van der Waals surface area (Å²) in [5.41, 5.74) is 3.39. The van der Waals surface area contributed by atoms with Crippen LogP contribution >= 0.6 is 11.3 Å². The Bertz CT molecular complexity index is 1410. The maximum atomic E-state index is 12.8. The lowest BCUT2D eigenvalue weighted by Crippen LogP contribution is -2.42. The molecule has 0 amide bonds. The minimum absolute atomic E-state index is 0.00145. The largest absolute Gasteiger partial charge is 0.480 e. The number of nitrogens with zero attached hydrogens (tertiary/aromatic N) is 1. The van der Waals surface area contributed by atoms with Gasteiger partial charge in [0, 0.05) is 12.0 Å². The van der Waals surface area contributed by atoms with Crippen LogP contribution in [0.1, 0.15) is 21.8 Å². The zero-order valence-corrected chi connectivity index (χ0v) is 18.6. The number of hydrogen-bond acceptors (Lipinski definition) is 5. The molecule has 0 aliphatic rings. The predicted molar refractivity (Wildman–Crippen MR) is 123 cm³/mol. The molecule has 3 N–H and O–H groups in total. The van der Waals surface area contributed by atoms with Crippen molar-refractivity contribution in [1.29, 1.82) is 0 Å². The molecule has 4 aromatic rings. The third-order valence-corrected chi connectivity index (χ3v) is 7.62. The fraction of sp³-hybridized carbons (Fsp3) is 0.130. The number of rotatable bonds is 6. The second kappa shape index (κ2) is 8.96. The Hall–Kier alpha value is -3.45. The van der Waals surface area contributed by atoms with Crippen molar-refractivity contribution in [1.82, 2.24) is 14.7 Å². The number of hydrogen-bond donors (Lipinski definition) is 3. The van der Waals surface area contributed by atoms with E-state index in [0.717, 1.165) is 28.0 Å². The van der Waals surface area contributed by atoms with Gasteiger partial charge in [0.1, 0.15) is 16.1 Å². The van der Waals surface area contributed by atoms with Crippen LogP contribution in [-0.2, 0) is 21.2 Å². The topological polar surface area (TPSA) is 112 Å². The molecule has 0 spiro atoms. The summed E-state index contributed by atoms with van der Waals surface area (Å²) in [6.07, 6.45) is -0.116. The highest BCUT2D eigenvalue weighted by Crippen LogP contribution is 2.22. The van der Waals surface area contributed by atoms with Crippen molar-refractivity contribution in [2.24, 2.45) is 0 Å². The predicted octanol–water partition coefficient (Wildman–Crippen LogP) is 3.31. The van der Waals surface area contributed by atoms with Crippen molar-refractivity contribution >= 4 is 38.4 Å². The summed E-state index contributed by atoms with van der Waals surface area (Å²) < 4.78 is 27.9. The summed E-state index contributed by atoms with van der Waals surface area (Å²) in [6.45, 7) is 1.99. The zero-order chi connectivity index (χ0) is 22.7. The fourth-order valence-corrected chi connectivity index (χ4v) is 5.39. The molecule has 0 aliphatic heterocycles. The number of aryl methyl sites for hydroxylation is 1. The number of fused-ring (bicyclic) bond motifs is 1. The molecule has 0 fully saturated rings. The molecule has 4 rings (SSSR count). The van der Waals surface area contributed by atoms with E-state index in [-0.39, 0.29) is 10.6 Å². The number of benzene rings is 2. The van der Waals surface area contributed by atoms with Crippen molar-refractivity contribution in [2.45, 2.75) is 23.6 Å². The number of carboxylic acid groups (broad SMARTS) is 1. The normalized spacial score (nSPS) is 12.3. The van der Waals surface area contributed by atoms with Crippen molar-refractivity contribution < 1.29 is 18.3 Å². The first kappa shape index (κ1) is 21.8. The second-order valence-electron chi connectivity index (χ2n) is 7.15. The minimum Gasteiger partial charge on any atom is -0.480 e. The minimum atomic E-state index is -4.04. The van der Waals surface area contributed by atoms with E-state index >= 15 is 0 Å². The van der Waals surface area contributed by atoms with E-state index < -0.39 is 22.0 Å². The molecule has 2 heterocycles. The molecular weight excluding hydrogens is 446 g/mol. The number of carbonyl (C=O) groups is 1. The molecule has 0 bridgehead atoms. The van der Waals surface area contributed by atoms with Crippen molar-refractivity contribution in [3.8, 4) is 11.8 Å². The molecule has 1 atom stereocenters. The highest BCUT2D eigenvalue weighted by molar-refractivity contribution is 7.91. The van der Waals surface area contributed by atoms with Gasteiger partial charge in [-0.05, 0) is 43.3 Å². The molecule has 0 aliphatic carbocycles. The van der Waals surface area contributed by atoms with E-state index in [9.17, 15) is 18.3 Å². The van der Waals surface area contributed by atoms with E-state index in [1.807, 2.05) is 49.4 Å². The Morgan fingerprint density at radius 1 is 1.12 bits per heavy atom. The molecule has 2 aromatic heterocycles. The monoisotopic (exact) mass is 465 g/mol. The van der Waals surface area contributed by atoms with Gasteiger partial charge in [-0.15, -0.1) is 11.3 Å². The fourth-order valence-electron chi connectivity index (χ4n) is 3.02. The lowest BCUT2D eigenvalue weighted by Gasteiger charge is -2.12. The molecule has 2 aromatic carbocycles. The molecular formula is C23H19N3O4S2. The van der Waals surface area contributed by atoms with Gasteiger partial charge in [-0.25, -0.2) is 13.4 Å². The number of para-hydroxylation sites is 2. The summed E-state index contributed by atoms with van der Waals surface area (Å²) in [5, 5.41) is 9.57. The summed E-state index contributed by atoms with van der Waals surface area (Å²) in [5.74, 6) is 5.04. The van der Waals surface area contributed by atoms with Crippen LogP contribution in [0.3, 0.4) is 0 Å². The number of carboxylic acids is 1. The molecule has 9 heteroatoms. The van der Waals surface area contributed by atoms with Crippen molar-refractivity contribution in [3.63, 3.8) is 0 Å². The number of aromatic amines is 1. The zero-order valence-electron chi connectivity index (χ0n) is 17.0. The maximum Gasteiger partial charge on any atom is 0.322 e. The first-order chi connectivity index (χ1) is 15.3. The molecule has 0 saturated carbocycles. The van der Waals surface area contributed by atoms with Crippen molar-refractivity contribution in [3.05, 3.63) is 82.5 Å². The van der Waals surface area contributed by atoms with Gasteiger partial charge in [-0.1, -0.05) is 41.7 Å². The molecule has 0 saturated heterocycles. The smallest absolute Gasteiger partial charge is 0.322 e. The molecule has 32 heavy (non-hydrogen) atoms. The van der Waals surface area contributed by atoms with Crippen LogP contribution in [0.15, 0.2) is 64.9 Å². The quantitative estimate of drug-likeness (QED) is 0.378. The Morgan fingerprint density at radius 2 is 1.88 bits per heavy atom. The van der Waals surface area contributed by atoms with Gasteiger partial charge in [0.25, 0.3) is 10.0 Å². The SMILES string of the molecule is Cc1ccc(C#Cc2ccc(S(=O)(=O)NC(Cc3nc4ccccc4[nH]3)C(=O)O)s2)cc1. The third kappa shape index (κ3) is 5.06. The number of thiophene rings is 1. The van der Waals surface area contributed by atoms with Crippen LogP contribution in [0.2, 0.25) is 0 Å². The standard InChI is InChI=1S/C23H19N3O4S2/c1-15-6-8-16(9-7-15)10-11-17-12-13-22(31-17)32(29,30)26-20(23(27)28)14-21-24-18-4-2-3-5-19(18)25-21/h2-9,12-13,20,26H,14H2,1H3,(H,24,25)(H,27,28). The number of aliphatic carboxylic acids is 1. The first-order valence-electron chi connectivity index (χ1n) is 9.67. The lowest BCUT2D eigenvalue weighted by molar-refractivity contribution is -0.138. The summed E-state index contributed by atoms with van der Waals surface area (Å²) in [4.78, 5) is 19.6. The average Bonchev–Trinajstić information content (AvgIpc) is 3.39. The van der Waals surface area contributed by atoms with Gasteiger partial charge in [0.15, 0.2) is 0 Å². The van der Waals surface area contributed by atoms with Gasteiger partial charge in [-0.2, -0.15) is 4.72 Å². The van der Waals surface area contributed by atoms with Crippen molar-refractivity contribution in [2.75, 3.05) is 0 Å². The van der Waals surface area contributed by atoms with E-state index in [2.05, 4.69) is 26.5 Å². The van der Waals surface area contributed by atoms with Gasteiger partial charge in [0.2, 0.25) is 0 Å². The van der Waals surface area contributed by atoms with E-state index in [0.29, 0.717) is 16.2 Å². The number of nitrogens with one attached hydrogen (secondary N) is 2. The van der Waals surface area contributed by atoms with Gasteiger partial charge >= 0.3 is 5.97 Å². The number of imidazole rings is 1. The van der Waals surface area contributed by atoms with Crippen LogP contribution in [0, 0.1) is 18.8 Å². The number of H-pyrrole nitrogens is 1. The summed E-state index contributed by atoms with van der Waals surface area (Å²) in [6, 6.07) is 16.6. The summed E-state index contributed by atoms with van der Waals surface area (Å²) in [7, 11) is -4.04. The van der Waals surface area contributed by atoms with E-state index in [4.69, 9.17) is 0 Å². The van der Waals surface area contributed by atoms with E-state index in [1.54, 1.807) is 12.1 Å². The highest BCUT2D eigenvalue weighted by Gasteiger charge is 2.27. The average molecular weight is 466 g/mol. The van der Waals surface area contributed by atoms with Crippen LogP contribution < -0.4 is 4.72 Å². The molecule has 1 unspecified atom stereocenters. The van der Waals surface area contributed by atoms with Gasteiger partial charge in [-0.3, -0.25) is 4.79 Å². The Balaban J connectivity index is 1.50. The van der Waals surface area contributed by atoms with Crippen LogP contribution in [0.4, 0.5) is 0 Å². The molecule has 0 radical (unpaired) electrons. The maximum absolute atomic E-state index is 12.8. The van der Waals surface area contributed by atoms with Crippen LogP contribution in [0.25, 0.3) is 11.0 Å². The first-order valence-corrected chi connectivity index (χ1v) is 12.0. The van der Waals surface area contributed by atoms with Gasteiger partial charge < -0.3 is 10.1 Å². The Labute approximate surface area is 189 Å². The van der Waals surface area contributed by atoms with Crippen LogP contribution in [-0.4, -0.2) is 35.5 Å². The van der Waals surface area contributed by atoms with Gasteiger partial charge in [0.05, 0.1) is 15.9 Å².